The monoisotopic (exact) mass is 640 g/mol. The van der Waals surface area contributed by atoms with Gasteiger partial charge in [0.05, 0.1) is 52.8 Å². The van der Waals surface area contributed by atoms with Crippen molar-refractivity contribution in [3.8, 4) is 34.1 Å². The molecule has 0 aliphatic heterocycles. The SMILES string of the molecule is COc1ccc2[nH]c3c(c2c1)CCC[C@H]3NC(=O)CNc1ccc2c(cc1=O)[C@@H](NC(C)=O)CCc1cc(OC)c(OC)c(OC)c1-2. The lowest BCUT2D eigenvalue weighted by atomic mass is 9.91. The van der Waals surface area contributed by atoms with Crippen molar-refractivity contribution in [3.05, 3.63) is 75.1 Å². The smallest absolute Gasteiger partial charge is 0.239 e. The molecule has 2 aliphatic carbocycles. The van der Waals surface area contributed by atoms with Gasteiger partial charge < -0.3 is 39.9 Å². The first-order valence-electron chi connectivity index (χ1n) is 15.8. The van der Waals surface area contributed by atoms with Gasteiger partial charge in [0.2, 0.25) is 23.0 Å². The Hall–Kier alpha value is -5.19. The molecular formula is C36H40N4O7. The minimum atomic E-state index is -0.426. The highest BCUT2D eigenvalue weighted by Gasteiger charge is 2.30. The van der Waals surface area contributed by atoms with E-state index >= 15 is 0 Å². The molecule has 4 aromatic rings. The van der Waals surface area contributed by atoms with Crippen LogP contribution in [0.25, 0.3) is 22.0 Å². The number of nitrogens with one attached hydrogen (secondary N) is 4. The van der Waals surface area contributed by atoms with Crippen LogP contribution in [0.3, 0.4) is 0 Å². The molecule has 11 nitrogen and oxygen atoms in total. The van der Waals surface area contributed by atoms with Crippen molar-refractivity contribution >= 4 is 28.4 Å². The summed E-state index contributed by atoms with van der Waals surface area (Å²) in [6.07, 6.45) is 3.82. The third-order valence-electron chi connectivity index (χ3n) is 9.10. The van der Waals surface area contributed by atoms with E-state index in [9.17, 15) is 14.4 Å². The fourth-order valence-electron chi connectivity index (χ4n) is 6.99. The maximum Gasteiger partial charge on any atom is 0.239 e. The van der Waals surface area contributed by atoms with Crippen molar-refractivity contribution in [2.75, 3.05) is 40.3 Å². The zero-order valence-electron chi connectivity index (χ0n) is 27.3. The highest BCUT2D eigenvalue weighted by Crippen LogP contribution is 2.50. The van der Waals surface area contributed by atoms with Crippen LogP contribution in [0.4, 0.5) is 5.69 Å². The summed E-state index contributed by atoms with van der Waals surface area (Å²) in [6, 6.07) is 12.3. The van der Waals surface area contributed by atoms with Gasteiger partial charge >= 0.3 is 0 Å². The number of methoxy groups -OCH3 is 4. The molecule has 0 unspecified atom stereocenters. The van der Waals surface area contributed by atoms with Gasteiger partial charge in [-0.05, 0) is 90.8 Å². The summed E-state index contributed by atoms with van der Waals surface area (Å²) in [6.45, 7) is 1.36. The van der Waals surface area contributed by atoms with E-state index in [1.165, 1.54) is 18.6 Å². The summed E-state index contributed by atoms with van der Waals surface area (Å²) < 4.78 is 22.5. The number of carbonyl (C=O) groups excluding carboxylic acids is 2. The van der Waals surface area contributed by atoms with Crippen molar-refractivity contribution < 1.29 is 28.5 Å². The molecule has 2 aliphatic rings. The number of benzene rings is 2. The van der Waals surface area contributed by atoms with Gasteiger partial charge in [-0.2, -0.15) is 0 Å². The van der Waals surface area contributed by atoms with E-state index in [1.54, 1.807) is 34.5 Å². The average Bonchev–Trinajstić information content (AvgIpc) is 3.29. The molecule has 0 spiro atoms. The number of aryl methyl sites for hydroxylation is 2. The fraction of sp³-hybridized carbons (Fsp3) is 0.361. The number of aromatic nitrogens is 1. The fourth-order valence-corrected chi connectivity index (χ4v) is 6.99. The summed E-state index contributed by atoms with van der Waals surface area (Å²) >= 11 is 0. The Labute approximate surface area is 272 Å². The Morgan fingerprint density at radius 2 is 1.68 bits per heavy atom. The van der Waals surface area contributed by atoms with E-state index in [2.05, 4.69) is 20.9 Å². The molecular weight excluding hydrogens is 600 g/mol. The summed E-state index contributed by atoms with van der Waals surface area (Å²) in [7, 11) is 6.32. The number of H-pyrrole nitrogens is 1. The predicted molar refractivity (Wildman–Crippen MR) is 180 cm³/mol. The van der Waals surface area contributed by atoms with Gasteiger partial charge in [0, 0.05) is 29.1 Å². The van der Waals surface area contributed by atoms with Crippen LogP contribution in [-0.2, 0) is 22.4 Å². The van der Waals surface area contributed by atoms with E-state index in [0.29, 0.717) is 41.2 Å². The van der Waals surface area contributed by atoms with Gasteiger partial charge in [-0.25, -0.2) is 0 Å². The zero-order chi connectivity index (χ0) is 33.2. The summed E-state index contributed by atoms with van der Waals surface area (Å²) in [5.74, 6) is 1.79. The van der Waals surface area contributed by atoms with Crippen molar-refractivity contribution in [2.45, 2.75) is 51.1 Å². The second kappa shape index (κ2) is 13.3. The summed E-state index contributed by atoms with van der Waals surface area (Å²) in [5.41, 5.74) is 6.23. The highest BCUT2D eigenvalue weighted by molar-refractivity contribution is 5.88. The molecule has 3 aromatic carbocycles. The van der Waals surface area contributed by atoms with E-state index < -0.39 is 6.04 Å². The van der Waals surface area contributed by atoms with E-state index in [1.807, 2.05) is 30.3 Å². The topological polar surface area (TPSA) is 140 Å². The first-order valence-corrected chi connectivity index (χ1v) is 15.8. The number of anilines is 1. The third kappa shape index (κ3) is 6.05. The Kier molecular flexibility index (Phi) is 8.97. The van der Waals surface area contributed by atoms with E-state index in [-0.39, 0.29) is 35.5 Å². The molecule has 1 heterocycles. The van der Waals surface area contributed by atoms with Crippen LogP contribution in [0.15, 0.2) is 47.3 Å². The number of amides is 2. The molecule has 0 fully saturated rings. The van der Waals surface area contributed by atoms with Crippen LogP contribution in [0.5, 0.6) is 23.0 Å². The number of hydrogen-bond acceptors (Lipinski definition) is 8. The van der Waals surface area contributed by atoms with Crippen LogP contribution >= 0.6 is 0 Å². The number of fused-ring (bicyclic) bond motifs is 6. The molecule has 1 aromatic heterocycles. The molecule has 2 atom stereocenters. The molecule has 246 valence electrons. The molecule has 0 bridgehead atoms. The number of ether oxygens (including phenoxy) is 4. The third-order valence-corrected chi connectivity index (χ3v) is 9.10. The Balaban J connectivity index is 1.30. The van der Waals surface area contributed by atoms with Crippen LogP contribution in [-0.4, -0.2) is 51.8 Å². The van der Waals surface area contributed by atoms with Crippen molar-refractivity contribution in [3.63, 3.8) is 0 Å². The van der Waals surface area contributed by atoms with Gasteiger partial charge in [-0.15, -0.1) is 0 Å². The maximum absolute atomic E-state index is 13.6. The number of carbonyl (C=O) groups is 2. The molecule has 0 saturated heterocycles. The number of aromatic amines is 1. The minimum absolute atomic E-state index is 0.0934. The predicted octanol–water partition coefficient (Wildman–Crippen LogP) is 4.96. The second-order valence-electron chi connectivity index (χ2n) is 11.9. The largest absolute Gasteiger partial charge is 0.497 e. The van der Waals surface area contributed by atoms with Gasteiger partial charge in [0.1, 0.15) is 5.75 Å². The normalized spacial score (nSPS) is 16.5. The van der Waals surface area contributed by atoms with Gasteiger partial charge in [-0.3, -0.25) is 14.4 Å². The second-order valence-corrected chi connectivity index (χ2v) is 11.9. The molecule has 47 heavy (non-hydrogen) atoms. The zero-order valence-corrected chi connectivity index (χ0v) is 27.3. The van der Waals surface area contributed by atoms with Crippen LogP contribution < -0.4 is 40.3 Å². The van der Waals surface area contributed by atoms with Crippen molar-refractivity contribution in [1.29, 1.82) is 0 Å². The molecule has 4 N–H and O–H groups in total. The van der Waals surface area contributed by atoms with E-state index in [0.717, 1.165) is 52.7 Å². The number of rotatable bonds is 9. The molecule has 6 rings (SSSR count). The molecule has 0 radical (unpaired) electrons. The average molecular weight is 641 g/mol. The molecule has 2 amide bonds. The Morgan fingerprint density at radius 3 is 2.40 bits per heavy atom. The maximum atomic E-state index is 13.6. The Bertz CT molecular complexity index is 1920. The lowest BCUT2D eigenvalue weighted by Crippen LogP contribution is -2.35. The van der Waals surface area contributed by atoms with Crippen molar-refractivity contribution in [2.24, 2.45) is 0 Å². The first-order chi connectivity index (χ1) is 22.8. The van der Waals surface area contributed by atoms with Gasteiger partial charge in [0.15, 0.2) is 11.5 Å². The first kappa shape index (κ1) is 31.8. The quantitative estimate of drug-likeness (QED) is 0.201. The lowest BCUT2D eigenvalue weighted by molar-refractivity contribution is -0.120. The van der Waals surface area contributed by atoms with E-state index in [4.69, 9.17) is 18.9 Å². The highest BCUT2D eigenvalue weighted by atomic mass is 16.5. The minimum Gasteiger partial charge on any atom is -0.497 e. The van der Waals surface area contributed by atoms with Crippen LogP contribution in [0.1, 0.15) is 60.7 Å². The summed E-state index contributed by atoms with van der Waals surface area (Å²) in [5, 5.41) is 10.3. The lowest BCUT2D eigenvalue weighted by Gasteiger charge is -2.24. The summed E-state index contributed by atoms with van der Waals surface area (Å²) in [4.78, 5) is 42.6. The Morgan fingerprint density at radius 1 is 0.872 bits per heavy atom. The van der Waals surface area contributed by atoms with Crippen LogP contribution in [0, 0.1) is 0 Å². The van der Waals surface area contributed by atoms with Crippen LogP contribution in [0.2, 0.25) is 0 Å². The standard InChI is InChI=1S/C36H40N4O7/c1-19(41)38-26-12-9-20-15-31(45-3)35(46-4)36(47-5)33(20)22-11-14-28(30(42)17-25(22)26)37-18-32(43)39-29-8-6-7-23-24-16-21(44-2)10-13-27(24)40-34(23)29/h10-11,13-17,26,29,40H,6-9,12,18H2,1-5H3,(H,37,42)(H,38,41)(H,39,43)/t26-,29+/m0/s1. The number of hydrogen-bond donors (Lipinski definition) is 4. The van der Waals surface area contributed by atoms with Gasteiger partial charge in [-0.1, -0.05) is 6.07 Å². The molecule has 0 saturated carbocycles. The van der Waals surface area contributed by atoms with Crippen molar-refractivity contribution in [1.82, 2.24) is 15.6 Å². The molecule has 11 heteroatoms. The van der Waals surface area contributed by atoms with Gasteiger partial charge in [0.25, 0.3) is 0 Å².